The largest absolute Gasteiger partial charge is 0.348 e. The van der Waals surface area contributed by atoms with E-state index in [1.54, 1.807) is 6.33 Å². The summed E-state index contributed by atoms with van der Waals surface area (Å²) in [6.45, 7) is 5.70. The maximum absolute atomic E-state index is 4.06. The average molecular weight is 269 g/mol. The predicted molar refractivity (Wildman–Crippen MR) is 81.7 cm³/mol. The second-order valence-corrected chi connectivity index (χ2v) is 6.34. The molecule has 0 saturated carbocycles. The maximum atomic E-state index is 4.06. The van der Waals surface area contributed by atoms with Crippen LogP contribution in [0.1, 0.15) is 49.6 Å². The van der Waals surface area contributed by atoms with E-state index in [1.165, 1.54) is 29.7 Å². The molecule has 0 spiro atoms. The van der Waals surface area contributed by atoms with E-state index >= 15 is 0 Å². The second-order valence-electron chi connectivity index (χ2n) is 6.34. The number of hydrogen-bond donors (Lipinski definition) is 2. The van der Waals surface area contributed by atoms with Crippen LogP contribution >= 0.6 is 0 Å². The van der Waals surface area contributed by atoms with Crippen molar-refractivity contribution < 1.29 is 0 Å². The van der Waals surface area contributed by atoms with Crippen LogP contribution in [0.4, 0.5) is 0 Å². The normalized spacial score (nSPS) is 20.6. The van der Waals surface area contributed by atoms with Crippen molar-refractivity contribution in [3.8, 4) is 0 Å². The number of H-pyrrole nitrogens is 1. The lowest BCUT2D eigenvalue weighted by Crippen LogP contribution is -2.33. The maximum Gasteiger partial charge on any atom is 0.0921 e. The molecule has 0 radical (unpaired) electrons. The van der Waals surface area contributed by atoms with Crippen molar-refractivity contribution in [1.82, 2.24) is 15.3 Å². The van der Waals surface area contributed by atoms with Gasteiger partial charge in [-0.1, -0.05) is 38.1 Å². The van der Waals surface area contributed by atoms with Gasteiger partial charge in [-0.3, -0.25) is 0 Å². The van der Waals surface area contributed by atoms with Gasteiger partial charge >= 0.3 is 0 Å². The number of hydrogen-bond acceptors (Lipinski definition) is 2. The van der Waals surface area contributed by atoms with Gasteiger partial charge in [0.1, 0.15) is 0 Å². The highest BCUT2D eigenvalue weighted by Crippen LogP contribution is 2.41. The summed E-state index contributed by atoms with van der Waals surface area (Å²) in [5.41, 5.74) is 4.48. The third-order valence-corrected chi connectivity index (χ3v) is 4.46. The lowest BCUT2D eigenvalue weighted by atomic mass is 9.71. The molecule has 3 rings (SSSR count). The molecule has 1 unspecified atom stereocenters. The highest BCUT2D eigenvalue weighted by atomic mass is 14.9. The molecule has 0 aliphatic heterocycles. The Morgan fingerprint density at radius 3 is 3.00 bits per heavy atom. The van der Waals surface area contributed by atoms with Gasteiger partial charge in [0, 0.05) is 30.9 Å². The van der Waals surface area contributed by atoms with Crippen molar-refractivity contribution in [3.05, 3.63) is 53.6 Å². The summed E-state index contributed by atoms with van der Waals surface area (Å²) in [6, 6.07) is 9.38. The molecule has 1 aliphatic carbocycles. The molecule has 0 fully saturated rings. The van der Waals surface area contributed by atoms with Crippen LogP contribution in [0.15, 0.2) is 36.8 Å². The van der Waals surface area contributed by atoms with Gasteiger partial charge in [0.05, 0.1) is 6.33 Å². The Balaban J connectivity index is 1.69. The number of nitrogens with one attached hydrogen (secondary N) is 2. The van der Waals surface area contributed by atoms with Crippen LogP contribution < -0.4 is 5.32 Å². The standard InChI is InChI=1S/C17H23N3/c1-17(2)9-7-16(14-5-3-4-6-15(14)17)19-10-8-13-11-18-12-20-13/h3-6,11-12,16,19H,7-10H2,1-2H3,(H,18,20). The van der Waals surface area contributed by atoms with Crippen LogP contribution in [0, 0.1) is 0 Å². The minimum absolute atomic E-state index is 0.304. The zero-order valence-electron chi connectivity index (χ0n) is 12.3. The molecule has 1 aliphatic rings. The van der Waals surface area contributed by atoms with E-state index in [1.807, 2.05) is 6.20 Å². The molecule has 1 heterocycles. The molecule has 1 atom stereocenters. The first-order chi connectivity index (χ1) is 9.67. The molecule has 20 heavy (non-hydrogen) atoms. The minimum atomic E-state index is 0.304. The van der Waals surface area contributed by atoms with E-state index < -0.39 is 0 Å². The second kappa shape index (κ2) is 5.41. The molecule has 2 N–H and O–H groups in total. The zero-order valence-corrected chi connectivity index (χ0v) is 12.3. The van der Waals surface area contributed by atoms with Crippen LogP contribution in [0.5, 0.6) is 0 Å². The van der Waals surface area contributed by atoms with Crippen LogP contribution in [-0.2, 0) is 11.8 Å². The first-order valence-corrected chi connectivity index (χ1v) is 7.47. The summed E-state index contributed by atoms with van der Waals surface area (Å²) in [5.74, 6) is 0. The van der Waals surface area contributed by atoms with E-state index in [9.17, 15) is 0 Å². The third kappa shape index (κ3) is 2.63. The van der Waals surface area contributed by atoms with Crippen LogP contribution in [0.3, 0.4) is 0 Å². The number of rotatable bonds is 4. The first-order valence-electron chi connectivity index (χ1n) is 7.47. The lowest BCUT2D eigenvalue weighted by Gasteiger charge is -2.37. The van der Waals surface area contributed by atoms with Gasteiger partial charge < -0.3 is 10.3 Å². The highest BCUT2D eigenvalue weighted by Gasteiger charge is 2.31. The fourth-order valence-electron chi connectivity index (χ4n) is 3.23. The van der Waals surface area contributed by atoms with Gasteiger partial charge in [-0.2, -0.15) is 0 Å². The summed E-state index contributed by atoms with van der Waals surface area (Å²) in [7, 11) is 0. The summed E-state index contributed by atoms with van der Waals surface area (Å²) in [6.07, 6.45) is 7.11. The SMILES string of the molecule is CC1(C)CCC(NCCc2cnc[nH]2)c2ccccc21. The highest BCUT2D eigenvalue weighted by molar-refractivity contribution is 5.38. The topological polar surface area (TPSA) is 40.7 Å². The number of aromatic amines is 1. The molecule has 0 saturated heterocycles. The predicted octanol–water partition coefficient (Wildman–Crippen LogP) is 3.35. The Kier molecular flexibility index (Phi) is 3.62. The van der Waals surface area contributed by atoms with Gasteiger partial charge in [-0.05, 0) is 29.4 Å². The smallest absolute Gasteiger partial charge is 0.0921 e. The summed E-state index contributed by atoms with van der Waals surface area (Å²) in [5, 5.41) is 3.71. The Bertz CT molecular complexity index is 557. The number of nitrogens with zero attached hydrogens (tertiary/aromatic N) is 1. The van der Waals surface area contributed by atoms with E-state index in [2.05, 4.69) is 53.4 Å². The van der Waals surface area contributed by atoms with Gasteiger partial charge in [0.15, 0.2) is 0 Å². The van der Waals surface area contributed by atoms with Gasteiger partial charge in [0.2, 0.25) is 0 Å². The lowest BCUT2D eigenvalue weighted by molar-refractivity contribution is 0.359. The quantitative estimate of drug-likeness (QED) is 0.893. The molecule has 2 aromatic rings. The van der Waals surface area contributed by atoms with Crippen LogP contribution in [-0.4, -0.2) is 16.5 Å². The Morgan fingerprint density at radius 2 is 2.20 bits per heavy atom. The molecular formula is C17H23N3. The Morgan fingerprint density at radius 1 is 1.35 bits per heavy atom. The van der Waals surface area contributed by atoms with Crippen molar-refractivity contribution in [3.63, 3.8) is 0 Å². The summed E-state index contributed by atoms with van der Waals surface area (Å²) in [4.78, 5) is 7.22. The fourth-order valence-corrected chi connectivity index (χ4v) is 3.23. The fraction of sp³-hybridized carbons (Fsp3) is 0.471. The van der Waals surface area contributed by atoms with E-state index in [0.717, 1.165) is 13.0 Å². The monoisotopic (exact) mass is 269 g/mol. The van der Waals surface area contributed by atoms with Crippen molar-refractivity contribution in [2.45, 2.75) is 44.6 Å². The molecule has 3 nitrogen and oxygen atoms in total. The number of fused-ring (bicyclic) bond motifs is 1. The number of aromatic nitrogens is 2. The molecule has 1 aromatic carbocycles. The molecular weight excluding hydrogens is 246 g/mol. The Labute approximate surface area is 120 Å². The summed E-state index contributed by atoms with van der Waals surface area (Å²) < 4.78 is 0. The van der Waals surface area contributed by atoms with Crippen molar-refractivity contribution in [2.24, 2.45) is 0 Å². The van der Waals surface area contributed by atoms with Crippen molar-refractivity contribution in [2.75, 3.05) is 6.54 Å². The molecule has 106 valence electrons. The zero-order chi connectivity index (χ0) is 14.0. The Hall–Kier alpha value is -1.61. The molecule has 0 amide bonds. The number of benzene rings is 1. The van der Waals surface area contributed by atoms with E-state index in [4.69, 9.17) is 0 Å². The number of imidazole rings is 1. The van der Waals surface area contributed by atoms with Crippen molar-refractivity contribution >= 4 is 0 Å². The van der Waals surface area contributed by atoms with Crippen LogP contribution in [0.25, 0.3) is 0 Å². The first kappa shape index (κ1) is 13.4. The van der Waals surface area contributed by atoms with E-state index in [0.29, 0.717) is 11.5 Å². The van der Waals surface area contributed by atoms with Gasteiger partial charge in [-0.15, -0.1) is 0 Å². The van der Waals surface area contributed by atoms with E-state index in [-0.39, 0.29) is 0 Å². The van der Waals surface area contributed by atoms with Crippen molar-refractivity contribution in [1.29, 1.82) is 0 Å². The van der Waals surface area contributed by atoms with Gasteiger partial charge in [0.25, 0.3) is 0 Å². The van der Waals surface area contributed by atoms with Crippen LogP contribution in [0.2, 0.25) is 0 Å². The average Bonchev–Trinajstić information content (AvgIpc) is 2.95. The molecule has 0 bridgehead atoms. The minimum Gasteiger partial charge on any atom is -0.348 e. The summed E-state index contributed by atoms with van der Waals surface area (Å²) >= 11 is 0. The molecule has 3 heteroatoms. The molecule has 1 aromatic heterocycles. The van der Waals surface area contributed by atoms with Gasteiger partial charge in [-0.25, -0.2) is 4.98 Å². The third-order valence-electron chi connectivity index (χ3n) is 4.46.